The lowest BCUT2D eigenvalue weighted by atomic mass is 10.0. The summed E-state index contributed by atoms with van der Waals surface area (Å²) in [7, 11) is 0. The second-order valence-corrected chi connectivity index (χ2v) is 7.77. The number of nitrogens with one attached hydrogen (secondary N) is 3. The zero-order chi connectivity index (χ0) is 22.9. The third-order valence-electron chi connectivity index (χ3n) is 4.22. The predicted octanol–water partition coefficient (Wildman–Crippen LogP) is -2.07. The standard InChI is InChI=1S/C18H34N4O7/c1-8(2)6-11(15(25)22-14(10(5)24)18(28)29)20-16(26)12(7-23)21-17(27)13(19)9(3)4/h8-14,23-24H,6-7,19H2,1-5H3,(H,20,26)(H,21,27)(H,22,25)(H,28,29). The van der Waals surface area contributed by atoms with E-state index >= 15 is 0 Å². The van der Waals surface area contributed by atoms with Crippen LogP contribution in [-0.4, -0.2) is 75.9 Å². The Morgan fingerprint density at radius 1 is 0.862 bits per heavy atom. The van der Waals surface area contributed by atoms with E-state index < -0.39 is 60.6 Å². The smallest absolute Gasteiger partial charge is 0.328 e. The number of carbonyl (C=O) groups excluding carboxylic acids is 3. The van der Waals surface area contributed by atoms with Crippen molar-refractivity contribution in [1.29, 1.82) is 0 Å². The summed E-state index contributed by atoms with van der Waals surface area (Å²) in [6, 6.07) is -4.89. The van der Waals surface area contributed by atoms with Gasteiger partial charge in [0.05, 0.1) is 18.8 Å². The van der Waals surface area contributed by atoms with Crippen LogP contribution in [0, 0.1) is 11.8 Å². The van der Waals surface area contributed by atoms with E-state index in [1.807, 2.05) is 0 Å². The molecule has 0 bridgehead atoms. The number of hydrogen-bond donors (Lipinski definition) is 7. The summed E-state index contributed by atoms with van der Waals surface area (Å²) >= 11 is 0. The number of hydrogen-bond acceptors (Lipinski definition) is 7. The Hall–Kier alpha value is -2.24. The van der Waals surface area contributed by atoms with E-state index in [1.165, 1.54) is 6.92 Å². The zero-order valence-electron chi connectivity index (χ0n) is 17.5. The molecule has 3 amide bonds. The van der Waals surface area contributed by atoms with Crippen molar-refractivity contribution in [2.24, 2.45) is 17.6 Å². The van der Waals surface area contributed by atoms with Crippen LogP contribution in [0.1, 0.15) is 41.0 Å². The quantitative estimate of drug-likeness (QED) is 0.188. The van der Waals surface area contributed by atoms with Crippen LogP contribution in [0.25, 0.3) is 0 Å². The second kappa shape index (κ2) is 12.3. The topological polar surface area (TPSA) is 191 Å². The second-order valence-electron chi connectivity index (χ2n) is 7.77. The van der Waals surface area contributed by atoms with Crippen molar-refractivity contribution in [2.75, 3.05) is 6.61 Å². The monoisotopic (exact) mass is 418 g/mol. The molecule has 0 radical (unpaired) electrons. The first-order valence-electron chi connectivity index (χ1n) is 9.50. The number of carboxylic acids is 1. The molecule has 0 aromatic carbocycles. The molecule has 11 nitrogen and oxygen atoms in total. The van der Waals surface area contributed by atoms with Gasteiger partial charge in [-0.3, -0.25) is 14.4 Å². The lowest BCUT2D eigenvalue weighted by molar-refractivity contribution is -0.145. The van der Waals surface area contributed by atoms with Crippen LogP contribution >= 0.6 is 0 Å². The number of rotatable bonds is 12. The van der Waals surface area contributed by atoms with Gasteiger partial charge in [-0.05, 0) is 25.2 Å². The molecule has 0 rings (SSSR count). The zero-order valence-corrected chi connectivity index (χ0v) is 17.5. The molecule has 0 aliphatic heterocycles. The molecule has 0 aliphatic rings. The van der Waals surface area contributed by atoms with Crippen LogP contribution in [0.5, 0.6) is 0 Å². The molecule has 0 fully saturated rings. The molecule has 0 aromatic rings. The summed E-state index contributed by atoms with van der Waals surface area (Å²) in [5.74, 6) is -3.91. The van der Waals surface area contributed by atoms with Gasteiger partial charge < -0.3 is 37.0 Å². The van der Waals surface area contributed by atoms with Crippen molar-refractivity contribution in [3.8, 4) is 0 Å². The third kappa shape index (κ3) is 9.20. The normalized spacial score (nSPS) is 16.5. The lowest BCUT2D eigenvalue weighted by Crippen LogP contribution is -2.59. The number of carbonyl (C=O) groups is 4. The highest BCUT2D eigenvalue weighted by Crippen LogP contribution is 2.07. The fourth-order valence-electron chi connectivity index (χ4n) is 2.38. The van der Waals surface area contributed by atoms with E-state index in [0.29, 0.717) is 0 Å². The van der Waals surface area contributed by atoms with Crippen LogP contribution < -0.4 is 21.7 Å². The molecule has 0 saturated heterocycles. The van der Waals surface area contributed by atoms with Gasteiger partial charge in [0.25, 0.3) is 0 Å². The molecule has 0 heterocycles. The van der Waals surface area contributed by atoms with E-state index in [9.17, 15) is 29.4 Å². The van der Waals surface area contributed by atoms with Gasteiger partial charge >= 0.3 is 5.97 Å². The summed E-state index contributed by atoms with van der Waals surface area (Å²) < 4.78 is 0. The van der Waals surface area contributed by atoms with E-state index in [2.05, 4.69) is 16.0 Å². The molecular formula is C18H34N4O7. The van der Waals surface area contributed by atoms with E-state index in [4.69, 9.17) is 10.8 Å². The molecule has 5 atom stereocenters. The van der Waals surface area contributed by atoms with Crippen LogP contribution in [0.15, 0.2) is 0 Å². The van der Waals surface area contributed by atoms with Crippen LogP contribution in [0.4, 0.5) is 0 Å². The fraction of sp³-hybridized carbons (Fsp3) is 0.778. The van der Waals surface area contributed by atoms with Gasteiger partial charge in [0.1, 0.15) is 12.1 Å². The molecule has 0 aromatic heterocycles. The van der Waals surface area contributed by atoms with Gasteiger partial charge in [-0.1, -0.05) is 27.7 Å². The van der Waals surface area contributed by atoms with Crippen molar-refractivity contribution in [1.82, 2.24) is 16.0 Å². The van der Waals surface area contributed by atoms with Crippen molar-refractivity contribution in [3.63, 3.8) is 0 Å². The number of aliphatic hydroxyl groups excluding tert-OH is 2. The Morgan fingerprint density at radius 2 is 1.34 bits per heavy atom. The third-order valence-corrected chi connectivity index (χ3v) is 4.22. The number of aliphatic hydroxyl groups is 2. The maximum atomic E-state index is 12.5. The Balaban J connectivity index is 5.28. The Morgan fingerprint density at radius 3 is 1.72 bits per heavy atom. The van der Waals surface area contributed by atoms with Crippen molar-refractivity contribution >= 4 is 23.7 Å². The minimum atomic E-state index is -1.55. The first kappa shape index (κ1) is 26.8. The van der Waals surface area contributed by atoms with Gasteiger partial charge in [0.15, 0.2) is 6.04 Å². The van der Waals surface area contributed by atoms with Gasteiger partial charge in [-0.25, -0.2) is 4.79 Å². The highest BCUT2D eigenvalue weighted by atomic mass is 16.4. The first-order valence-corrected chi connectivity index (χ1v) is 9.50. The molecule has 0 saturated carbocycles. The molecule has 8 N–H and O–H groups in total. The Labute approximate surface area is 170 Å². The molecule has 11 heteroatoms. The highest BCUT2D eigenvalue weighted by molar-refractivity contribution is 5.94. The maximum absolute atomic E-state index is 12.5. The summed E-state index contributed by atoms with van der Waals surface area (Å²) in [5, 5.41) is 35.0. The average Bonchev–Trinajstić information content (AvgIpc) is 2.61. The molecule has 0 aliphatic carbocycles. The Bertz CT molecular complexity index is 581. The predicted molar refractivity (Wildman–Crippen MR) is 104 cm³/mol. The summed E-state index contributed by atoms with van der Waals surface area (Å²) in [6.45, 7) is 7.53. The van der Waals surface area contributed by atoms with Crippen molar-refractivity contribution < 1.29 is 34.5 Å². The van der Waals surface area contributed by atoms with E-state index in [-0.39, 0.29) is 18.3 Å². The number of amides is 3. The van der Waals surface area contributed by atoms with Gasteiger partial charge in [0.2, 0.25) is 17.7 Å². The number of carboxylic acid groups (broad SMARTS) is 1. The number of nitrogens with two attached hydrogens (primary N) is 1. The highest BCUT2D eigenvalue weighted by Gasteiger charge is 2.32. The average molecular weight is 418 g/mol. The van der Waals surface area contributed by atoms with Crippen LogP contribution in [0.2, 0.25) is 0 Å². The molecule has 5 unspecified atom stereocenters. The Kier molecular flexibility index (Phi) is 11.4. The lowest BCUT2D eigenvalue weighted by Gasteiger charge is -2.26. The summed E-state index contributed by atoms with van der Waals surface area (Å²) in [4.78, 5) is 48.2. The molecule has 0 spiro atoms. The minimum Gasteiger partial charge on any atom is -0.480 e. The van der Waals surface area contributed by atoms with Gasteiger partial charge in [-0.15, -0.1) is 0 Å². The summed E-state index contributed by atoms with van der Waals surface area (Å²) in [5.41, 5.74) is 5.72. The summed E-state index contributed by atoms with van der Waals surface area (Å²) in [6.07, 6.45) is -1.18. The van der Waals surface area contributed by atoms with E-state index in [0.717, 1.165) is 0 Å². The van der Waals surface area contributed by atoms with E-state index in [1.54, 1.807) is 27.7 Å². The van der Waals surface area contributed by atoms with Crippen LogP contribution in [-0.2, 0) is 19.2 Å². The maximum Gasteiger partial charge on any atom is 0.328 e. The molecule has 168 valence electrons. The SMILES string of the molecule is CC(C)CC(NC(=O)C(CO)NC(=O)C(N)C(C)C)C(=O)NC(C(=O)O)C(C)O. The minimum absolute atomic E-state index is 0.0441. The molecule has 29 heavy (non-hydrogen) atoms. The van der Waals surface area contributed by atoms with Crippen LogP contribution in [0.3, 0.4) is 0 Å². The van der Waals surface area contributed by atoms with Crippen molar-refractivity contribution in [3.05, 3.63) is 0 Å². The largest absolute Gasteiger partial charge is 0.480 e. The molecular weight excluding hydrogens is 384 g/mol. The van der Waals surface area contributed by atoms with Gasteiger partial charge in [-0.2, -0.15) is 0 Å². The number of aliphatic carboxylic acids is 1. The van der Waals surface area contributed by atoms with Gasteiger partial charge in [0, 0.05) is 0 Å². The first-order chi connectivity index (χ1) is 13.3. The fourth-order valence-corrected chi connectivity index (χ4v) is 2.38. The van der Waals surface area contributed by atoms with Crippen molar-refractivity contribution in [2.45, 2.75) is 71.3 Å².